The van der Waals surface area contributed by atoms with Crippen LogP contribution in [0.15, 0.2) is 0 Å². The average Bonchev–Trinajstić information content (AvgIpc) is 1.82. The van der Waals surface area contributed by atoms with Gasteiger partial charge in [-0.05, 0) is 292 Å². The highest BCUT2D eigenvalue weighted by Crippen LogP contribution is 2.33. The van der Waals surface area contributed by atoms with Crippen LogP contribution < -0.4 is 21.3 Å². The van der Waals surface area contributed by atoms with Crippen molar-refractivity contribution in [3.8, 4) is 0 Å². The van der Waals surface area contributed by atoms with Crippen LogP contribution in [0.5, 0.6) is 0 Å². The maximum atomic E-state index is 5.41. The van der Waals surface area contributed by atoms with Gasteiger partial charge in [-0.25, -0.2) is 0 Å². The van der Waals surface area contributed by atoms with Gasteiger partial charge in [0, 0.05) is 88.3 Å². The number of morpholine rings is 1. The molecule has 12 nitrogen and oxygen atoms in total. The standard InChI is InChI=1S/C9H18.3C8H17N.C8H16O.C7H15NO.2C7H15N.2C7H14O.C7H14.C6H13N.C6H12O.13C2H6/c1-8(2)9-6-4-3-5-7-9;1-7(2)8-4-3-5-9-6-8;1-8(2)9-6-4-3-5-7-9;1-7(2)8-5-3-4-6-9-8;2*1-7(2)8-3-5-9-6-4-8;1-7(2)8-5-3-4-6-8;1-6(2)7-4-3-5-8-7;1-6(2)7-3-4-8-5-7;1-6(2)7-4-3-5-8-7;1-6(2)7-4-3-5-7;1-5(2)6-3-4-7-6;1-5(2)6-3-7-4-6;13*1-2/h8-9H,3-7H2,1-2H3;7-9H,3-6H2,1-2H3;8H,3-7H2,1-2H3;7-9H,3-6H2,1-2H3;7-8H,3-6H2,1-2H3;7H,3-6H2,1-2H3;7H,3-6H2,1-2H3;6-8H,3-5H2,1-2H3;2*6-7H,3-5H2,1-2H3;6-7H,3-5H2,1-2H3;5-7H,3-4H2,1-2H3;5-6H,3-4H2,1-2H3;13*1-2H3. The number of hydrogen-bond donors (Lipinski definition) is 4. The molecule has 0 aromatic rings. The number of piperidine rings is 3. The van der Waals surface area contributed by atoms with Crippen molar-refractivity contribution in [2.75, 3.05) is 131 Å². The highest BCUT2D eigenvalue weighted by Gasteiger charge is 2.25. The van der Waals surface area contributed by atoms with Gasteiger partial charge in [0.1, 0.15) is 0 Å². The summed E-state index contributed by atoms with van der Waals surface area (Å²) in [5.74, 6) is 14.2. The molecule has 13 fully saturated rings. The minimum atomic E-state index is 0.565. The van der Waals surface area contributed by atoms with Gasteiger partial charge in [-0.1, -0.05) is 383 Å². The summed E-state index contributed by atoms with van der Waals surface area (Å²) < 4.78 is 26.1. The Morgan fingerprint density at radius 2 is 0.481 bits per heavy atom. The molecule has 11 saturated heterocycles. The van der Waals surface area contributed by atoms with E-state index in [0.717, 1.165) is 197 Å². The molecule has 0 amide bonds. The first kappa shape index (κ1) is 160. The lowest BCUT2D eigenvalue weighted by Gasteiger charge is -2.30. The monoisotopic (exact) mass is 1910 g/mol. The Labute approximate surface area is 850 Å². The van der Waals surface area contributed by atoms with E-state index in [1.165, 1.54) is 226 Å². The Kier molecular flexibility index (Phi) is 154. The van der Waals surface area contributed by atoms with Crippen molar-refractivity contribution in [1.29, 1.82) is 0 Å². The second-order valence-electron chi connectivity index (χ2n) is 38.9. The highest BCUT2D eigenvalue weighted by atomic mass is 16.5. The molecule has 11 heterocycles. The zero-order chi connectivity index (χ0) is 106. The van der Waals surface area contributed by atoms with E-state index in [-0.39, 0.29) is 0 Å². The summed E-state index contributed by atoms with van der Waals surface area (Å²) in [6.07, 6.45) is 37.1. The van der Waals surface area contributed by atoms with E-state index in [1.54, 1.807) is 0 Å². The van der Waals surface area contributed by atoms with Crippen molar-refractivity contribution in [2.45, 2.75) is 569 Å². The molecule has 824 valence electrons. The minimum Gasteiger partial charge on any atom is -0.381 e. The molecule has 0 aromatic carbocycles. The lowest BCUT2D eigenvalue weighted by Crippen LogP contribution is -2.46. The van der Waals surface area contributed by atoms with Crippen molar-refractivity contribution in [3.63, 3.8) is 0 Å². The molecule has 6 unspecified atom stereocenters. The third-order valence-corrected chi connectivity index (χ3v) is 25.9. The first-order valence-corrected chi connectivity index (χ1v) is 60.0. The summed E-state index contributed by atoms with van der Waals surface area (Å²) in [6.45, 7) is 134. The predicted molar refractivity (Wildman–Crippen MR) is 618 cm³/mol. The second kappa shape index (κ2) is 128. The smallest absolute Gasteiger partial charge is 0.0598 e. The fourth-order valence-corrected chi connectivity index (χ4v) is 16.0. The van der Waals surface area contributed by atoms with Gasteiger partial charge in [-0.15, -0.1) is 0 Å². The fraction of sp³-hybridized carbons (Fsp3) is 1.00. The molecule has 2 aliphatic carbocycles. The summed E-state index contributed by atoms with van der Waals surface area (Å²) in [6, 6.07) is 4.69. The van der Waals surface area contributed by atoms with Crippen LogP contribution in [0, 0.1) is 94.7 Å². The van der Waals surface area contributed by atoms with Crippen molar-refractivity contribution < 1.29 is 23.7 Å². The summed E-state index contributed by atoms with van der Waals surface area (Å²) >= 11 is 0. The summed E-state index contributed by atoms with van der Waals surface area (Å²) in [5, 5.41) is 13.7. The van der Waals surface area contributed by atoms with Crippen LogP contribution in [0.4, 0.5) is 0 Å². The average molecular weight is 1910 g/mol. The lowest BCUT2D eigenvalue weighted by atomic mass is 9.78. The molecule has 4 N–H and O–H groups in total. The summed E-state index contributed by atoms with van der Waals surface area (Å²) in [5.41, 5.74) is 0. The normalized spacial score (nSPS) is 21.5. The van der Waals surface area contributed by atoms with E-state index in [2.05, 4.69) is 216 Å². The molecule has 0 radical (unpaired) electrons. The molecule has 0 bridgehead atoms. The van der Waals surface area contributed by atoms with Gasteiger partial charge in [0.25, 0.3) is 0 Å². The van der Waals surface area contributed by atoms with Crippen LogP contribution >= 0.6 is 0 Å². The molecule has 133 heavy (non-hydrogen) atoms. The van der Waals surface area contributed by atoms with E-state index >= 15 is 0 Å². The lowest BCUT2D eigenvalue weighted by molar-refractivity contribution is -0.0534. The molecule has 6 atom stereocenters. The number of likely N-dealkylation sites (tertiary alicyclic amines) is 2. The molecular weight excluding hydrogens is 1630 g/mol. The van der Waals surface area contributed by atoms with Crippen molar-refractivity contribution in [3.05, 3.63) is 0 Å². The van der Waals surface area contributed by atoms with Crippen LogP contribution in [0.1, 0.15) is 527 Å². The van der Waals surface area contributed by atoms with Crippen LogP contribution in [-0.2, 0) is 23.7 Å². The van der Waals surface area contributed by atoms with E-state index < -0.39 is 0 Å². The Morgan fingerprint density at radius 1 is 0.195 bits per heavy atom. The van der Waals surface area contributed by atoms with Crippen LogP contribution in [0.25, 0.3) is 0 Å². The zero-order valence-corrected chi connectivity index (χ0v) is 103. The molecular formula is C121H275N7O5. The number of nitrogens with one attached hydrogen (secondary N) is 4. The number of hydrogen-bond acceptors (Lipinski definition) is 12. The molecule has 13 aliphatic rings. The Balaban J connectivity index is -0.000000104. The molecule has 13 rings (SSSR count). The number of ether oxygens (including phenoxy) is 5. The summed E-state index contributed by atoms with van der Waals surface area (Å²) in [7, 11) is 0. The van der Waals surface area contributed by atoms with Crippen LogP contribution in [0.3, 0.4) is 0 Å². The maximum absolute atomic E-state index is 5.41. The number of nitrogens with zero attached hydrogens (tertiary/aromatic N) is 3. The fourth-order valence-electron chi connectivity index (χ4n) is 16.0. The minimum absolute atomic E-state index is 0.565. The van der Waals surface area contributed by atoms with Crippen molar-refractivity contribution in [1.82, 2.24) is 36.0 Å². The van der Waals surface area contributed by atoms with Gasteiger partial charge in [0.05, 0.1) is 32.5 Å². The third-order valence-electron chi connectivity index (χ3n) is 25.9. The van der Waals surface area contributed by atoms with E-state index in [1.807, 2.05) is 180 Å². The first-order chi connectivity index (χ1) is 64.0. The van der Waals surface area contributed by atoms with Gasteiger partial charge in [-0.3, -0.25) is 4.90 Å². The topological polar surface area (TPSA) is 104 Å². The molecule has 2 saturated carbocycles. The quantitative estimate of drug-likeness (QED) is 0.141. The van der Waals surface area contributed by atoms with Gasteiger partial charge in [0.2, 0.25) is 0 Å². The largest absolute Gasteiger partial charge is 0.381 e. The zero-order valence-electron chi connectivity index (χ0n) is 103. The van der Waals surface area contributed by atoms with Crippen LogP contribution in [0.2, 0.25) is 0 Å². The predicted octanol–water partition coefficient (Wildman–Crippen LogP) is 35.8. The van der Waals surface area contributed by atoms with E-state index in [9.17, 15) is 0 Å². The van der Waals surface area contributed by atoms with Crippen molar-refractivity contribution in [2.24, 2.45) is 94.7 Å². The van der Waals surface area contributed by atoms with Gasteiger partial charge in [-0.2, -0.15) is 0 Å². The third kappa shape index (κ3) is 104. The second-order valence-corrected chi connectivity index (χ2v) is 38.9. The van der Waals surface area contributed by atoms with Gasteiger partial charge < -0.3 is 54.8 Å². The Bertz CT molecular complexity index is 1560. The van der Waals surface area contributed by atoms with Gasteiger partial charge in [0.15, 0.2) is 0 Å². The maximum Gasteiger partial charge on any atom is 0.0598 e. The van der Waals surface area contributed by atoms with E-state index in [0.29, 0.717) is 12.1 Å². The number of rotatable bonds is 13. The highest BCUT2D eigenvalue weighted by molar-refractivity contribution is 4.81. The molecule has 12 heteroatoms. The molecule has 0 spiro atoms. The van der Waals surface area contributed by atoms with E-state index in [4.69, 9.17) is 23.7 Å². The molecule has 11 aliphatic heterocycles. The summed E-state index contributed by atoms with van der Waals surface area (Å²) in [4.78, 5) is 7.52. The SMILES string of the molecule is CC.CC.CC.CC.CC.CC.CC.CC.CC.CC.CC.CC.CC.CC(C)C1CCC1.CC(C)C1CCCCC1.CC(C)C1CCCCN1.CC(C)C1CCCN1.CC(C)C1CCCNC1.CC(C)C1CCCO1.CC(C)C1CCN1.CC(C)C1CCOC1.CC(C)C1CCOCC1.CC(C)C1COC1.CC(C)N1CCCC1.CC(C)N1CCCCC1.CC(C)N1CCOCC1. The Hall–Kier alpha value is -0.480. The van der Waals surface area contributed by atoms with Gasteiger partial charge >= 0.3 is 0 Å². The molecule has 0 aromatic heterocycles. The van der Waals surface area contributed by atoms with Crippen LogP contribution in [-0.4, -0.2) is 189 Å². The van der Waals surface area contributed by atoms with Crippen molar-refractivity contribution >= 4 is 0 Å². The Morgan fingerprint density at radius 3 is 0.669 bits per heavy atom. The first-order valence-electron chi connectivity index (χ1n) is 60.0.